The largest absolute Gasteiger partial charge is 0.370 e. The summed E-state index contributed by atoms with van der Waals surface area (Å²) < 4.78 is 13.5. The average Bonchev–Trinajstić information content (AvgIpc) is 2.69. The van der Waals surface area contributed by atoms with Crippen molar-refractivity contribution in [1.82, 2.24) is 5.32 Å². The predicted molar refractivity (Wildman–Crippen MR) is 84.5 cm³/mol. The van der Waals surface area contributed by atoms with Crippen LogP contribution in [-0.2, 0) is 0 Å². The molecule has 112 valence electrons. The summed E-state index contributed by atoms with van der Waals surface area (Å²) >= 11 is 11.8. The number of hydrogen-bond acceptors (Lipinski definition) is 2. The van der Waals surface area contributed by atoms with E-state index in [1.165, 1.54) is 0 Å². The minimum Gasteiger partial charge on any atom is -0.370 e. The van der Waals surface area contributed by atoms with E-state index in [1.807, 2.05) is 0 Å². The maximum absolute atomic E-state index is 13.5. The van der Waals surface area contributed by atoms with Gasteiger partial charge in [-0.25, -0.2) is 4.39 Å². The molecule has 20 heavy (non-hydrogen) atoms. The number of halogens is 3. The molecule has 1 saturated heterocycles. The van der Waals surface area contributed by atoms with Gasteiger partial charge >= 0.3 is 0 Å². The first-order valence-electron chi connectivity index (χ1n) is 7.15. The van der Waals surface area contributed by atoms with Crippen molar-refractivity contribution in [2.24, 2.45) is 5.92 Å². The molecule has 2 rings (SSSR count). The Kier molecular flexibility index (Phi) is 5.53. The van der Waals surface area contributed by atoms with Crippen molar-refractivity contribution < 1.29 is 4.39 Å². The fourth-order valence-corrected chi connectivity index (χ4v) is 3.05. The second kappa shape index (κ2) is 6.97. The summed E-state index contributed by atoms with van der Waals surface area (Å²) in [5.74, 6) is 0.0606. The maximum Gasteiger partial charge on any atom is 0.160 e. The quantitative estimate of drug-likeness (QED) is 0.834. The molecule has 1 aromatic carbocycles. The summed E-state index contributed by atoms with van der Waals surface area (Å²) in [7, 11) is 0. The summed E-state index contributed by atoms with van der Waals surface area (Å²) in [4.78, 5) is 2.24. The molecule has 2 nitrogen and oxygen atoms in total. The molecule has 1 N–H and O–H groups in total. The molecule has 2 unspecified atom stereocenters. The van der Waals surface area contributed by atoms with Crippen molar-refractivity contribution in [1.29, 1.82) is 0 Å². The van der Waals surface area contributed by atoms with Gasteiger partial charge in [-0.3, -0.25) is 0 Å². The lowest BCUT2D eigenvalue weighted by Gasteiger charge is -2.29. The van der Waals surface area contributed by atoms with Gasteiger partial charge in [0.05, 0.1) is 10.0 Å². The molecule has 1 aromatic rings. The van der Waals surface area contributed by atoms with E-state index < -0.39 is 5.82 Å². The van der Waals surface area contributed by atoms with E-state index in [0.29, 0.717) is 12.0 Å². The normalized spacial score (nSPS) is 21.6. The molecule has 2 atom stereocenters. The van der Waals surface area contributed by atoms with Crippen molar-refractivity contribution in [2.45, 2.75) is 32.7 Å². The smallest absolute Gasteiger partial charge is 0.160 e. The first kappa shape index (κ1) is 15.9. The predicted octanol–water partition coefficient (Wildman–Crippen LogP) is 4.35. The topological polar surface area (TPSA) is 15.3 Å². The lowest BCUT2D eigenvalue weighted by molar-refractivity contribution is 0.384. The molecule has 0 spiro atoms. The summed E-state index contributed by atoms with van der Waals surface area (Å²) in [6.07, 6.45) is 2.19. The lowest BCUT2D eigenvalue weighted by atomic mass is 9.99. The third-order valence-electron chi connectivity index (χ3n) is 4.09. The highest BCUT2D eigenvalue weighted by Gasteiger charge is 2.23. The number of nitrogens with one attached hydrogen (secondary N) is 1. The Morgan fingerprint density at radius 3 is 2.65 bits per heavy atom. The zero-order chi connectivity index (χ0) is 14.7. The highest BCUT2D eigenvalue weighted by Crippen LogP contribution is 2.30. The summed E-state index contributed by atoms with van der Waals surface area (Å²) in [5, 5.41) is 3.77. The molecule has 0 aliphatic carbocycles. The Bertz CT molecular complexity index is 444. The van der Waals surface area contributed by atoms with Crippen LogP contribution in [0.15, 0.2) is 12.1 Å². The number of anilines is 1. The Labute approximate surface area is 130 Å². The molecule has 0 bridgehead atoms. The van der Waals surface area contributed by atoms with Crippen molar-refractivity contribution >= 4 is 28.9 Å². The van der Waals surface area contributed by atoms with E-state index in [4.69, 9.17) is 23.2 Å². The van der Waals surface area contributed by atoms with Crippen molar-refractivity contribution in [3.8, 4) is 0 Å². The van der Waals surface area contributed by atoms with Crippen molar-refractivity contribution in [3.05, 3.63) is 28.0 Å². The number of benzene rings is 1. The Hall–Kier alpha value is -0.510. The number of hydrogen-bond donors (Lipinski definition) is 1. The third-order valence-corrected chi connectivity index (χ3v) is 4.64. The van der Waals surface area contributed by atoms with Gasteiger partial charge in [-0.05, 0) is 31.0 Å². The van der Waals surface area contributed by atoms with Gasteiger partial charge in [-0.1, -0.05) is 43.5 Å². The molecular formula is C15H21Cl2FN2. The Balaban J connectivity index is 2.22. The van der Waals surface area contributed by atoms with Crippen molar-refractivity contribution in [3.63, 3.8) is 0 Å². The SMILES string of the molecule is CCC(C)C1CN(c2cc(Cl)c(F)c(Cl)c2)CCCN1. The van der Waals surface area contributed by atoms with E-state index >= 15 is 0 Å². The molecule has 0 radical (unpaired) electrons. The van der Waals surface area contributed by atoms with E-state index in [2.05, 4.69) is 24.1 Å². The molecule has 5 heteroatoms. The molecule has 1 aliphatic heterocycles. The van der Waals surface area contributed by atoms with Crippen LogP contribution < -0.4 is 10.2 Å². The van der Waals surface area contributed by atoms with E-state index in [0.717, 1.165) is 38.2 Å². The second-order valence-electron chi connectivity index (χ2n) is 5.47. The van der Waals surface area contributed by atoms with Gasteiger partial charge in [0.25, 0.3) is 0 Å². The zero-order valence-corrected chi connectivity index (χ0v) is 13.4. The van der Waals surface area contributed by atoms with Gasteiger partial charge in [0, 0.05) is 24.8 Å². The number of rotatable bonds is 3. The van der Waals surface area contributed by atoms with Gasteiger partial charge in [-0.2, -0.15) is 0 Å². The first-order valence-corrected chi connectivity index (χ1v) is 7.91. The minimum absolute atomic E-state index is 0.0878. The number of nitrogens with zero attached hydrogens (tertiary/aromatic N) is 1. The van der Waals surface area contributed by atoms with Crippen LogP contribution in [0.3, 0.4) is 0 Å². The Morgan fingerprint density at radius 2 is 2.05 bits per heavy atom. The van der Waals surface area contributed by atoms with Crippen molar-refractivity contribution in [2.75, 3.05) is 24.5 Å². The molecular weight excluding hydrogens is 298 g/mol. The monoisotopic (exact) mass is 318 g/mol. The third kappa shape index (κ3) is 3.57. The fourth-order valence-electron chi connectivity index (χ4n) is 2.58. The molecule has 0 amide bonds. The van der Waals surface area contributed by atoms with Gasteiger partial charge in [-0.15, -0.1) is 0 Å². The van der Waals surface area contributed by atoms with E-state index in [1.54, 1.807) is 12.1 Å². The lowest BCUT2D eigenvalue weighted by Crippen LogP contribution is -2.42. The van der Waals surface area contributed by atoms with Gasteiger partial charge in [0.15, 0.2) is 5.82 Å². The van der Waals surface area contributed by atoms with Crippen LogP contribution in [0.1, 0.15) is 26.7 Å². The molecule has 1 aliphatic rings. The van der Waals surface area contributed by atoms with Crippen LogP contribution in [0.25, 0.3) is 0 Å². The zero-order valence-electron chi connectivity index (χ0n) is 11.9. The van der Waals surface area contributed by atoms with Gasteiger partial charge in [0.1, 0.15) is 0 Å². The van der Waals surface area contributed by atoms with Crippen LogP contribution in [0.2, 0.25) is 10.0 Å². The molecule has 1 fully saturated rings. The van der Waals surface area contributed by atoms with Gasteiger partial charge in [0.2, 0.25) is 0 Å². The summed E-state index contributed by atoms with van der Waals surface area (Å²) in [5.41, 5.74) is 0.901. The summed E-state index contributed by atoms with van der Waals surface area (Å²) in [6, 6.07) is 3.77. The Morgan fingerprint density at radius 1 is 1.40 bits per heavy atom. The molecule has 1 heterocycles. The highest BCUT2D eigenvalue weighted by atomic mass is 35.5. The second-order valence-corrected chi connectivity index (χ2v) is 6.28. The highest BCUT2D eigenvalue weighted by molar-refractivity contribution is 6.35. The van der Waals surface area contributed by atoms with Crippen LogP contribution in [0.4, 0.5) is 10.1 Å². The van der Waals surface area contributed by atoms with E-state index in [9.17, 15) is 4.39 Å². The molecule has 0 aromatic heterocycles. The molecule has 0 saturated carbocycles. The maximum atomic E-state index is 13.5. The fraction of sp³-hybridized carbons (Fsp3) is 0.600. The van der Waals surface area contributed by atoms with E-state index in [-0.39, 0.29) is 10.0 Å². The van der Waals surface area contributed by atoms with Crippen LogP contribution in [-0.4, -0.2) is 25.7 Å². The minimum atomic E-state index is -0.538. The van der Waals surface area contributed by atoms with Crippen LogP contribution in [0.5, 0.6) is 0 Å². The standard InChI is InChI=1S/C15H21Cl2FN2/c1-3-10(2)14-9-20(6-4-5-19-14)11-7-12(16)15(18)13(17)8-11/h7-8,10,14,19H,3-6,9H2,1-2H3. The van der Waals surface area contributed by atoms with Crippen LogP contribution in [0, 0.1) is 11.7 Å². The van der Waals surface area contributed by atoms with Gasteiger partial charge < -0.3 is 10.2 Å². The first-order chi connectivity index (χ1) is 9.52. The average molecular weight is 319 g/mol. The van der Waals surface area contributed by atoms with Crippen LogP contribution >= 0.6 is 23.2 Å². The summed E-state index contributed by atoms with van der Waals surface area (Å²) in [6.45, 7) is 7.29.